The van der Waals surface area contributed by atoms with Crippen LogP contribution in [0.1, 0.15) is 44.3 Å². The Labute approximate surface area is 102 Å². The molecule has 4 nitrogen and oxygen atoms in total. The third kappa shape index (κ3) is 3.23. The van der Waals surface area contributed by atoms with Crippen molar-refractivity contribution in [1.29, 1.82) is 0 Å². The van der Waals surface area contributed by atoms with Gasteiger partial charge in [0.25, 0.3) is 0 Å². The maximum absolute atomic E-state index is 5.47. The van der Waals surface area contributed by atoms with Gasteiger partial charge in [0.15, 0.2) is 0 Å². The maximum Gasteiger partial charge on any atom is 0.0857 e. The highest BCUT2D eigenvalue weighted by molar-refractivity contribution is 7.05. The minimum Gasteiger partial charge on any atom is -0.380 e. The van der Waals surface area contributed by atoms with E-state index in [0.29, 0.717) is 6.61 Å². The molecule has 0 aromatic carbocycles. The first-order valence-electron chi connectivity index (χ1n) is 5.58. The predicted molar refractivity (Wildman–Crippen MR) is 66.9 cm³/mol. The van der Waals surface area contributed by atoms with Crippen LogP contribution in [-0.4, -0.2) is 29.8 Å². The van der Waals surface area contributed by atoms with Gasteiger partial charge in [0.05, 0.1) is 23.2 Å². The number of nitrogens with one attached hydrogen (secondary N) is 1. The molecule has 0 fully saturated rings. The zero-order chi connectivity index (χ0) is 12.2. The molecule has 0 aliphatic rings. The van der Waals surface area contributed by atoms with Gasteiger partial charge in [0.2, 0.25) is 0 Å². The molecular weight excluding hydrogens is 222 g/mol. The molecule has 0 bridgehead atoms. The van der Waals surface area contributed by atoms with E-state index < -0.39 is 0 Å². The lowest BCUT2D eigenvalue weighted by atomic mass is 9.90. The number of ether oxygens (including phenoxy) is 1. The van der Waals surface area contributed by atoms with E-state index in [4.69, 9.17) is 4.74 Å². The van der Waals surface area contributed by atoms with Crippen LogP contribution in [0.15, 0.2) is 0 Å². The lowest BCUT2D eigenvalue weighted by Crippen LogP contribution is -2.25. The van der Waals surface area contributed by atoms with E-state index in [2.05, 4.69) is 35.7 Å². The smallest absolute Gasteiger partial charge is 0.0857 e. The SMILES string of the molecule is CCOCC(NC)c1snnc1C(C)(C)C. The molecule has 0 aliphatic heterocycles. The van der Waals surface area contributed by atoms with Crippen molar-refractivity contribution in [2.24, 2.45) is 0 Å². The molecule has 92 valence electrons. The third-order valence-electron chi connectivity index (χ3n) is 2.38. The number of likely N-dealkylation sites (N-methyl/N-ethyl adjacent to an activating group) is 1. The van der Waals surface area contributed by atoms with Crippen LogP contribution < -0.4 is 5.32 Å². The normalized spacial score (nSPS) is 14.1. The standard InChI is InChI=1S/C11H21N3OS/c1-6-15-7-8(12-5)9-10(11(2,3)4)13-14-16-9/h8,12H,6-7H2,1-5H3. The summed E-state index contributed by atoms with van der Waals surface area (Å²) >= 11 is 1.46. The van der Waals surface area contributed by atoms with Crippen molar-refractivity contribution < 1.29 is 4.74 Å². The van der Waals surface area contributed by atoms with E-state index in [-0.39, 0.29) is 11.5 Å². The molecule has 16 heavy (non-hydrogen) atoms. The van der Waals surface area contributed by atoms with Gasteiger partial charge in [0, 0.05) is 12.0 Å². The Morgan fingerprint density at radius 2 is 2.12 bits per heavy atom. The Hall–Kier alpha value is -0.520. The highest BCUT2D eigenvalue weighted by atomic mass is 32.1. The fourth-order valence-corrected chi connectivity index (χ4v) is 2.43. The zero-order valence-electron chi connectivity index (χ0n) is 10.7. The fourth-order valence-electron chi connectivity index (χ4n) is 1.47. The zero-order valence-corrected chi connectivity index (χ0v) is 11.5. The second kappa shape index (κ2) is 5.70. The molecular formula is C11H21N3OS. The lowest BCUT2D eigenvalue weighted by Gasteiger charge is -2.21. The molecule has 1 aromatic rings. The first kappa shape index (κ1) is 13.5. The van der Waals surface area contributed by atoms with Gasteiger partial charge in [-0.25, -0.2) is 0 Å². The number of rotatable bonds is 5. The van der Waals surface area contributed by atoms with Gasteiger partial charge in [-0.2, -0.15) is 0 Å². The Morgan fingerprint density at radius 3 is 2.62 bits per heavy atom. The van der Waals surface area contributed by atoms with Crippen LogP contribution in [0.4, 0.5) is 0 Å². The molecule has 1 N–H and O–H groups in total. The second-order valence-corrected chi connectivity index (χ2v) is 5.52. The molecule has 0 saturated carbocycles. The minimum atomic E-state index is 0.0314. The summed E-state index contributed by atoms with van der Waals surface area (Å²) in [4.78, 5) is 1.18. The number of nitrogens with zero attached hydrogens (tertiary/aromatic N) is 2. The van der Waals surface area contributed by atoms with E-state index >= 15 is 0 Å². The van der Waals surface area contributed by atoms with Crippen LogP contribution in [0.2, 0.25) is 0 Å². The average molecular weight is 243 g/mol. The van der Waals surface area contributed by atoms with Gasteiger partial charge in [-0.3, -0.25) is 0 Å². The van der Waals surface area contributed by atoms with Gasteiger partial charge in [-0.1, -0.05) is 25.3 Å². The van der Waals surface area contributed by atoms with Crippen LogP contribution in [0.5, 0.6) is 0 Å². The molecule has 0 saturated heterocycles. The van der Waals surface area contributed by atoms with Crippen molar-refractivity contribution in [2.45, 2.75) is 39.2 Å². The molecule has 0 aliphatic carbocycles. The van der Waals surface area contributed by atoms with Crippen molar-refractivity contribution in [2.75, 3.05) is 20.3 Å². The molecule has 1 rings (SSSR count). The summed E-state index contributed by atoms with van der Waals surface area (Å²) in [5.41, 5.74) is 1.10. The molecule has 1 heterocycles. The van der Waals surface area contributed by atoms with Crippen LogP contribution in [0.25, 0.3) is 0 Å². The third-order valence-corrected chi connectivity index (χ3v) is 3.22. The lowest BCUT2D eigenvalue weighted by molar-refractivity contribution is 0.125. The largest absolute Gasteiger partial charge is 0.380 e. The van der Waals surface area contributed by atoms with Crippen molar-refractivity contribution in [3.8, 4) is 0 Å². The summed E-state index contributed by atoms with van der Waals surface area (Å²) in [6.07, 6.45) is 0. The van der Waals surface area contributed by atoms with Crippen LogP contribution >= 0.6 is 11.5 Å². The molecule has 1 unspecified atom stereocenters. The first-order chi connectivity index (χ1) is 7.50. The monoisotopic (exact) mass is 243 g/mol. The van der Waals surface area contributed by atoms with Crippen molar-refractivity contribution in [3.05, 3.63) is 10.6 Å². The number of aromatic nitrogens is 2. The number of hydrogen-bond donors (Lipinski definition) is 1. The Morgan fingerprint density at radius 1 is 1.44 bits per heavy atom. The topological polar surface area (TPSA) is 47.0 Å². The van der Waals surface area contributed by atoms with Gasteiger partial charge >= 0.3 is 0 Å². The highest BCUT2D eigenvalue weighted by Gasteiger charge is 2.26. The van der Waals surface area contributed by atoms with E-state index in [0.717, 1.165) is 12.3 Å². The second-order valence-electron chi connectivity index (χ2n) is 4.74. The van der Waals surface area contributed by atoms with Crippen LogP contribution in [-0.2, 0) is 10.2 Å². The Kier molecular flexibility index (Phi) is 4.83. The molecule has 0 spiro atoms. The van der Waals surface area contributed by atoms with Gasteiger partial charge < -0.3 is 10.1 Å². The molecule has 0 radical (unpaired) electrons. The number of hydrogen-bond acceptors (Lipinski definition) is 5. The van der Waals surface area contributed by atoms with E-state index in [1.54, 1.807) is 0 Å². The fraction of sp³-hybridized carbons (Fsp3) is 0.818. The maximum atomic E-state index is 5.47. The van der Waals surface area contributed by atoms with Crippen molar-refractivity contribution in [1.82, 2.24) is 14.9 Å². The average Bonchev–Trinajstić information content (AvgIpc) is 2.67. The van der Waals surface area contributed by atoms with E-state index in [1.165, 1.54) is 16.4 Å². The summed E-state index contributed by atoms with van der Waals surface area (Å²) in [5.74, 6) is 0. The minimum absolute atomic E-state index is 0.0314. The summed E-state index contributed by atoms with van der Waals surface area (Å²) in [6, 6.07) is 0.189. The van der Waals surface area contributed by atoms with E-state index in [9.17, 15) is 0 Å². The molecule has 0 amide bonds. The molecule has 1 atom stereocenters. The predicted octanol–water partition coefficient (Wildman–Crippen LogP) is 2.13. The first-order valence-corrected chi connectivity index (χ1v) is 6.35. The van der Waals surface area contributed by atoms with Crippen LogP contribution in [0, 0.1) is 0 Å². The van der Waals surface area contributed by atoms with Crippen molar-refractivity contribution >= 4 is 11.5 Å². The van der Waals surface area contributed by atoms with Gasteiger partial charge in [-0.15, -0.1) is 5.10 Å². The van der Waals surface area contributed by atoms with Gasteiger partial charge in [0.1, 0.15) is 0 Å². The summed E-state index contributed by atoms with van der Waals surface area (Å²) < 4.78 is 9.53. The van der Waals surface area contributed by atoms with Crippen molar-refractivity contribution in [3.63, 3.8) is 0 Å². The summed E-state index contributed by atoms with van der Waals surface area (Å²) in [5, 5.41) is 7.49. The van der Waals surface area contributed by atoms with Crippen LogP contribution in [0.3, 0.4) is 0 Å². The summed E-state index contributed by atoms with van der Waals surface area (Å²) in [6.45, 7) is 9.86. The Bertz CT molecular complexity index is 319. The van der Waals surface area contributed by atoms with Gasteiger partial charge in [-0.05, 0) is 25.5 Å². The molecule has 5 heteroatoms. The molecule has 1 aromatic heterocycles. The summed E-state index contributed by atoms with van der Waals surface area (Å²) in [7, 11) is 1.94. The Balaban J connectivity index is 2.88. The quantitative estimate of drug-likeness (QED) is 0.860. The van der Waals surface area contributed by atoms with E-state index in [1.807, 2.05) is 14.0 Å². The highest BCUT2D eigenvalue weighted by Crippen LogP contribution is 2.30.